The summed E-state index contributed by atoms with van der Waals surface area (Å²) in [5.41, 5.74) is -0.784. The number of pyridine rings is 1. The van der Waals surface area contributed by atoms with E-state index < -0.39 is 11.9 Å². The van der Waals surface area contributed by atoms with Gasteiger partial charge in [0, 0.05) is 11.6 Å². The van der Waals surface area contributed by atoms with Crippen LogP contribution in [-0.2, 0) is 6.18 Å². The van der Waals surface area contributed by atoms with E-state index in [1.807, 2.05) is 0 Å². The Hall–Kier alpha value is -1.23. The Balaban J connectivity index is 2.63. The molecule has 0 aliphatic carbocycles. The van der Waals surface area contributed by atoms with E-state index in [9.17, 15) is 13.2 Å². The van der Waals surface area contributed by atoms with Crippen molar-refractivity contribution in [3.8, 4) is 0 Å². The highest BCUT2D eigenvalue weighted by molar-refractivity contribution is 6.35. The third kappa shape index (κ3) is 1.43. The molecule has 0 saturated carbocycles. The molecule has 0 aliphatic heterocycles. The first kappa shape index (κ1) is 9.33. The predicted octanol–water partition coefficient (Wildman–Crippen LogP) is 3.24. The van der Waals surface area contributed by atoms with Gasteiger partial charge in [-0.1, -0.05) is 11.6 Å². The first-order valence-corrected chi connectivity index (χ1v) is 4.07. The van der Waals surface area contributed by atoms with Gasteiger partial charge in [0.05, 0.1) is 5.02 Å². The Morgan fingerprint density at radius 2 is 2.00 bits per heavy atom. The molecule has 0 bridgehead atoms. The van der Waals surface area contributed by atoms with Gasteiger partial charge in [0.25, 0.3) is 0 Å². The summed E-state index contributed by atoms with van der Waals surface area (Å²) < 4.78 is 36.6. The minimum atomic E-state index is -4.42. The largest absolute Gasteiger partial charge is 0.433 e. The van der Waals surface area contributed by atoms with Crippen LogP contribution in [-0.4, -0.2) is 9.97 Å². The first-order chi connectivity index (χ1) is 6.48. The van der Waals surface area contributed by atoms with Crippen molar-refractivity contribution < 1.29 is 13.2 Å². The Labute approximate surface area is 81.7 Å². The highest BCUT2D eigenvalue weighted by atomic mass is 35.5. The van der Waals surface area contributed by atoms with Crippen molar-refractivity contribution in [3.05, 3.63) is 29.0 Å². The van der Waals surface area contributed by atoms with E-state index in [0.29, 0.717) is 10.4 Å². The second kappa shape index (κ2) is 2.88. The van der Waals surface area contributed by atoms with Gasteiger partial charge in [0.2, 0.25) is 0 Å². The van der Waals surface area contributed by atoms with Crippen LogP contribution in [0.1, 0.15) is 5.69 Å². The van der Waals surface area contributed by atoms with Crippen LogP contribution in [0.25, 0.3) is 11.0 Å². The van der Waals surface area contributed by atoms with E-state index in [1.54, 1.807) is 0 Å². The fourth-order valence-corrected chi connectivity index (χ4v) is 1.34. The van der Waals surface area contributed by atoms with Gasteiger partial charge in [0.15, 0.2) is 0 Å². The average Bonchev–Trinajstić information content (AvgIpc) is 2.46. The lowest BCUT2D eigenvalue weighted by Gasteiger charge is -2.04. The molecule has 0 atom stereocenters. The molecule has 2 aromatic heterocycles. The minimum Gasteiger partial charge on any atom is -0.345 e. The van der Waals surface area contributed by atoms with Crippen LogP contribution in [0.3, 0.4) is 0 Å². The smallest absolute Gasteiger partial charge is 0.345 e. The third-order valence-electron chi connectivity index (χ3n) is 1.78. The van der Waals surface area contributed by atoms with Crippen LogP contribution in [0.2, 0.25) is 5.02 Å². The number of nitrogens with one attached hydrogen (secondary N) is 1. The first-order valence-electron chi connectivity index (χ1n) is 3.69. The fraction of sp³-hybridized carbons (Fsp3) is 0.125. The number of rotatable bonds is 0. The molecule has 0 amide bonds. The lowest BCUT2D eigenvalue weighted by Crippen LogP contribution is -2.07. The van der Waals surface area contributed by atoms with Gasteiger partial charge in [-0.05, 0) is 12.1 Å². The Bertz CT molecular complexity index is 475. The van der Waals surface area contributed by atoms with Gasteiger partial charge in [-0.25, -0.2) is 4.98 Å². The highest BCUT2D eigenvalue weighted by Gasteiger charge is 2.32. The lowest BCUT2D eigenvalue weighted by molar-refractivity contribution is -0.141. The molecule has 2 nitrogen and oxygen atoms in total. The van der Waals surface area contributed by atoms with Gasteiger partial charge in [-0.3, -0.25) is 0 Å². The Kier molecular flexibility index (Phi) is 1.92. The van der Waals surface area contributed by atoms with Crippen molar-refractivity contribution in [2.75, 3.05) is 0 Å². The number of halogens is 4. The average molecular weight is 221 g/mol. The van der Waals surface area contributed by atoms with E-state index in [2.05, 4.69) is 9.97 Å². The molecule has 2 rings (SSSR count). The molecule has 0 saturated heterocycles. The molecule has 0 fully saturated rings. The van der Waals surface area contributed by atoms with Crippen molar-refractivity contribution in [2.24, 2.45) is 0 Å². The number of nitrogens with zero attached hydrogens (tertiary/aromatic N) is 1. The zero-order chi connectivity index (χ0) is 10.3. The van der Waals surface area contributed by atoms with Crippen LogP contribution < -0.4 is 0 Å². The van der Waals surface area contributed by atoms with E-state index in [-0.39, 0.29) is 5.65 Å². The Morgan fingerprint density at radius 3 is 2.64 bits per heavy atom. The number of hydrogen-bond acceptors (Lipinski definition) is 1. The van der Waals surface area contributed by atoms with Crippen molar-refractivity contribution in [3.63, 3.8) is 0 Å². The quantitative estimate of drug-likeness (QED) is 0.726. The van der Waals surface area contributed by atoms with E-state index in [0.717, 1.165) is 6.07 Å². The van der Waals surface area contributed by atoms with Crippen LogP contribution >= 0.6 is 11.6 Å². The fourth-order valence-electron chi connectivity index (χ4n) is 1.13. The summed E-state index contributed by atoms with van der Waals surface area (Å²) in [5, 5.41) is 0.848. The molecule has 2 aromatic rings. The highest BCUT2D eigenvalue weighted by Crippen LogP contribution is 2.30. The number of aromatic nitrogens is 2. The molecule has 0 radical (unpaired) electrons. The van der Waals surface area contributed by atoms with E-state index in [1.165, 1.54) is 12.3 Å². The summed E-state index contributed by atoms with van der Waals surface area (Å²) in [6, 6.07) is 2.20. The van der Waals surface area contributed by atoms with Gasteiger partial charge in [-0.15, -0.1) is 0 Å². The number of alkyl halides is 3. The molecule has 74 valence electrons. The zero-order valence-electron chi connectivity index (χ0n) is 6.69. The topological polar surface area (TPSA) is 28.7 Å². The normalized spacial score (nSPS) is 12.3. The number of H-pyrrole nitrogens is 1. The molecule has 0 unspecified atom stereocenters. The van der Waals surface area contributed by atoms with Gasteiger partial charge >= 0.3 is 6.18 Å². The minimum absolute atomic E-state index is 0.143. The molecule has 0 aromatic carbocycles. The molecule has 6 heteroatoms. The van der Waals surface area contributed by atoms with E-state index in [4.69, 9.17) is 11.6 Å². The second-order valence-corrected chi connectivity index (χ2v) is 3.13. The maximum Gasteiger partial charge on any atom is 0.433 e. The molecule has 14 heavy (non-hydrogen) atoms. The summed E-state index contributed by atoms with van der Waals surface area (Å²) in [5.74, 6) is 0. The van der Waals surface area contributed by atoms with Crippen LogP contribution in [0, 0.1) is 0 Å². The summed E-state index contributed by atoms with van der Waals surface area (Å²) in [6.07, 6.45) is -3.02. The second-order valence-electron chi connectivity index (χ2n) is 2.73. The molecule has 0 aliphatic rings. The van der Waals surface area contributed by atoms with Crippen LogP contribution in [0.5, 0.6) is 0 Å². The summed E-state index contributed by atoms with van der Waals surface area (Å²) >= 11 is 5.69. The summed E-state index contributed by atoms with van der Waals surface area (Å²) in [4.78, 5) is 5.96. The molecule has 0 spiro atoms. The molecule has 1 N–H and O–H groups in total. The van der Waals surface area contributed by atoms with Gasteiger partial charge in [-0.2, -0.15) is 13.2 Å². The molecule has 2 heterocycles. The number of hydrogen-bond donors (Lipinski definition) is 1. The van der Waals surface area contributed by atoms with Crippen molar-refractivity contribution in [1.29, 1.82) is 0 Å². The van der Waals surface area contributed by atoms with Crippen molar-refractivity contribution >= 4 is 22.6 Å². The SMILES string of the molecule is FC(F)(F)c1ccc2c(Cl)c[nH]c2n1. The maximum absolute atomic E-state index is 12.2. The zero-order valence-corrected chi connectivity index (χ0v) is 7.45. The van der Waals surface area contributed by atoms with Gasteiger partial charge in [0.1, 0.15) is 11.3 Å². The van der Waals surface area contributed by atoms with Gasteiger partial charge < -0.3 is 4.98 Å². The summed E-state index contributed by atoms with van der Waals surface area (Å²) in [6.45, 7) is 0. The standard InChI is InChI=1S/C8H4ClF3N2/c9-5-3-13-7-4(5)1-2-6(14-7)8(10,11)12/h1-3H,(H,13,14). The van der Waals surface area contributed by atoms with Crippen LogP contribution in [0.15, 0.2) is 18.3 Å². The molecular formula is C8H4ClF3N2. The third-order valence-corrected chi connectivity index (χ3v) is 2.09. The number of aromatic amines is 1. The summed E-state index contributed by atoms with van der Waals surface area (Å²) in [7, 11) is 0. The van der Waals surface area contributed by atoms with Crippen molar-refractivity contribution in [1.82, 2.24) is 9.97 Å². The van der Waals surface area contributed by atoms with E-state index >= 15 is 0 Å². The lowest BCUT2D eigenvalue weighted by atomic mass is 10.3. The monoisotopic (exact) mass is 220 g/mol. The molecular weight excluding hydrogens is 217 g/mol. The van der Waals surface area contributed by atoms with Crippen LogP contribution in [0.4, 0.5) is 13.2 Å². The Morgan fingerprint density at radius 1 is 1.29 bits per heavy atom. The van der Waals surface area contributed by atoms with Crippen molar-refractivity contribution in [2.45, 2.75) is 6.18 Å². The number of fused-ring (bicyclic) bond motifs is 1. The maximum atomic E-state index is 12.2. The predicted molar refractivity (Wildman–Crippen MR) is 46.1 cm³/mol.